The molecule has 2 aromatic carbocycles. The van der Waals surface area contributed by atoms with E-state index in [0.717, 1.165) is 5.56 Å². The molecule has 0 aromatic heterocycles. The fraction of sp³-hybridized carbons (Fsp3) is 0.435. The summed E-state index contributed by atoms with van der Waals surface area (Å²) < 4.78 is 53.4. The van der Waals surface area contributed by atoms with Crippen molar-refractivity contribution in [2.24, 2.45) is 5.92 Å². The maximum atomic E-state index is 12.7. The van der Waals surface area contributed by atoms with Gasteiger partial charge in [-0.25, -0.2) is 21.1 Å². The van der Waals surface area contributed by atoms with Crippen LogP contribution in [0.1, 0.15) is 32.3 Å². The van der Waals surface area contributed by atoms with Gasteiger partial charge in [-0.15, -0.1) is 0 Å². The summed E-state index contributed by atoms with van der Waals surface area (Å²) in [5.74, 6) is -0.533. The van der Waals surface area contributed by atoms with Crippen LogP contribution in [-0.2, 0) is 30.6 Å². The summed E-state index contributed by atoms with van der Waals surface area (Å²) in [4.78, 5) is 12.9. The van der Waals surface area contributed by atoms with E-state index in [4.69, 9.17) is 0 Å². The highest BCUT2D eigenvalue weighted by atomic mass is 32.2. The fourth-order valence-electron chi connectivity index (χ4n) is 3.94. The van der Waals surface area contributed by atoms with Crippen LogP contribution in [0.3, 0.4) is 0 Å². The third-order valence-corrected chi connectivity index (χ3v) is 9.79. The maximum Gasteiger partial charge on any atom is 0.243 e. The molecule has 180 valence electrons. The molecule has 1 amide bonds. The lowest BCUT2D eigenvalue weighted by Crippen LogP contribution is -2.41. The zero-order valence-electron chi connectivity index (χ0n) is 19.0. The Morgan fingerprint density at radius 3 is 2.06 bits per heavy atom. The summed E-state index contributed by atoms with van der Waals surface area (Å²) in [5.41, 5.74) is 1.25. The molecule has 1 N–H and O–H groups in total. The second-order valence-electron chi connectivity index (χ2n) is 8.02. The van der Waals surface area contributed by atoms with Crippen LogP contribution in [0.5, 0.6) is 0 Å². The minimum absolute atomic E-state index is 0.0482. The van der Waals surface area contributed by atoms with Crippen molar-refractivity contribution in [3.63, 3.8) is 0 Å². The lowest BCUT2D eigenvalue weighted by Gasteiger charge is -2.30. The van der Waals surface area contributed by atoms with Gasteiger partial charge in [0.2, 0.25) is 26.0 Å². The van der Waals surface area contributed by atoms with Crippen molar-refractivity contribution in [3.8, 4) is 0 Å². The molecule has 0 radical (unpaired) electrons. The van der Waals surface area contributed by atoms with Crippen LogP contribution in [-0.4, -0.2) is 57.5 Å². The molecule has 0 atom stereocenters. The number of sulfonamides is 2. The topological polar surface area (TPSA) is 104 Å². The van der Waals surface area contributed by atoms with E-state index in [2.05, 4.69) is 5.32 Å². The normalized spacial score (nSPS) is 16.1. The number of nitrogens with one attached hydrogen (secondary N) is 1. The second kappa shape index (κ2) is 10.8. The molecule has 33 heavy (non-hydrogen) atoms. The van der Waals surface area contributed by atoms with E-state index in [1.165, 1.54) is 20.7 Å². The number of carbonyl (C=O) groups excluding carboxylic acids is 1. The van der Waals surface area contributed by atoms with Gasteiger partial charge in [0.05, 0.1) is 10.6 Å². The SMILES string of the molecule is CCN(CC)S(=O)(=O)c1ccc(NC(=O)C2CCN(S(=O)(=O)Cc3ccccc3)CC2)cc1. The van der Waals surface area contributed by atoms with Gasteiger partial charge in [-0.2, -0.15) is 4.31 Å². The predicted octanol–water partition coefficient (Wildman–Crippen LogP) is 2.90. The summed E-state index contributed by atoms with van der Waals surface area (Å²) in [5, 5.41) is 2.83. The molecule has 8 nitrogen and oxygen atoms in total. The Hall–Kier alpha value is -2.27. The zero-order valence-corrected chi connectivity index (χ0v) is 20.6. The molecule has 1 saturated heterocycles. The molecule has 0 unspecified atom stereocenters. The molecule has 10 heteroatoms. The van der Waals surface area contributed by atoms with Crippen LogP contribution in [0.15, 0.2) is 59.5 Å². The van der Waals surface area contributed by atoms with Crippen LogP contribution in [0.25, 0.3) is 0 Å². The molecule has 0 saturated carbocycles. The Bertz CT molecular complexity index is 1140. The number of hydrogen-bond acceptors (Lipinski definition) is 5. The van der Waals surface area contributed by atoms with E-state index in [1.54, 1.807) is 38.1 Å². The first-order valence-corrected chi connectivity index (χ1v) is 14.1. The molecule has 0 bridgehead atoms. The average Bonchev–Trinajstić information content (AvgIpc) is 2.80. The molecular formula is C23H31N3O5S2. The van der Waals surface area contributed by atoms with Crippen LogP contribution in [0.4, 0.5) is 5.69 Å². The van der Waals surface area contributed by atoms with E-state index < -0.39 is 20.0 Å². The molecule has 1 aliphatic rings. The summed E-state index contributed by atoms with van der Waals surface area (Å²) >= 11 is 0. The monoisotopic (exact) mass is 493 g/mol. The first-order chi connectivity index (χ1) is 15.7. The number of carbonyl (C=O) groups is 1. The number of hydrogen-bond donors (Lipinski definition) is 1. The second-order valence-corrected chi connectivity index (χ2v) is 11.9. The highest BCUT2D eigenvalue weighted by molar-refractivity contribution is 7.89. The molecule has 0 spiro atoms. The number of amides is 1. The minimum atomic E-state index is -3.55. The Balaban J connectivity index is 1.56. The number of nitrogens with zero attached hydrogens (tertiary/aromatic N) is 2. The Morgan fingerprint density at radius 2 is 1.52 bits per heavy atom. The Morgan fingerprint density at radius 1 is 0.939 bits per heavy atom. The minimum Gasteiger partial charge on any atom is -0.326 e. The smallest absolute Gasteiger partial charge is 0.243 e. The molecule has 1 heterocycles. The van der Waals surface area contributed by atoms with Crippen molar-refractivity contribution in [2.75, 3.05) is 31.5 Å². The van der Waals surface area contributed by atoms with E-state index in [0.29, 0.717) is 44.7 Å². The third-order valence-electron chi connectivity index (χ3n) is 5.88. The standard InChI is InChI=1S/C23H31N3O5S2/c1-3-25(4-2)33(30,31)22-12-10-21(11-13-22)24-23(27)20-14-16-26(17-15-20)32(28,29)18-19-8-6-5-7-9-19/h5-13,20H,3-4,14-18H2,1-2H3,(H,24,27). The van der Waals surface area contributed by atoms with Crippen molar-refractivity contribution in [1.29, 1.82) is 0 Å². The maximum absolute atomic E-state index is 12.7. The van der Waals surface area contributed by atoms with Gasteiger partial charge in [0.25, 0.3) is 0 Å². The Kier molecular flexibility index (Phi) is 8.28. The zero-order chi connectivity index (χ0) is 24.1. The van der Waals surface area contributed by atoms with E-state index in [-0.39, 0.29) is 22.5 Å². The van der Waals surface area contributed by atoms with Gasteiger partial charge in [-0.1, -0.05) is 44.2 Å². The van der Waals surface area contributed by atoms with Crippen molar-refractivity contribution < 1.29 is 21.6 Å². The molecule has 0 aliphatic carbocycles. The first-order valence-electron chi connectivity index (χ1n) is 11.1. The van der Waals surface area contributed by atoms with Gasteiger partial charge in [0.1, 0.15) is 0 Å². The summed E-state index contributed by atoms with van der Waals surface area (Å²) in [6, 6.07) is 15.2. The van der Waals surface area contributed by atoms with Crippen LogP contribution < -0.4 is 5.32 Å². The number of rotatable bonds is 9. The average molecular weight is 494 g/mol. The van der Waals surface area contributed by atoms with Crippen LogP contribution >= 0.6 is 0 Å². The van der Waals surface area contributed by atoms with Gasteiger partial charge < -0.3 is 5.32 Å². The van der Waals surface area contributed by atoms with Gasteiger partial charge in [0.15, 0.2) is 0 Å². The van der Waals surface area contributed by atoms with Crippen molar-refractivity contribution >= 4 is 31.6 Å². The number of benzene rings is 2. The highest BCUT2D eigenvalue weighted by Crippen LogP contribution is 2.24. The molecule has 1 aliphatic heterocycles. The fourth-order valence-corrected chi connectivity index (χ4v) is 6.96. The van der Waals surface area contributed by atoms with E-state index in [1.807, 2.05) is 18.2 Å². The summed E-state index contributed by atoms with van der Waals surface area (Å²) in [6.45, 7) is 4.94. The molecule has 3 rings (SSSR count). The van der Waals surface area contributed by atoms with Gasteiger partial charge in [-0.3, -0.25) is 4.79 Å². The predicted molar refractivity (Wildman–Crippen MR) is 129 cm³/mol. The molecule has 2 aromatic rings. The van der Waals surface area contributed by atoms with E-state index in [9.17, 15) is 21.6 Å². The largest absolute Gasteiger partial charge is 0.326 e. The van der Waals surface area contributed by atoms with E-state index >= 15 is 0 Å². The lowest BCUT2D eigenvalue weighted by atomic mass is 9.97. The van der Waals surface area contributed by atoms with Gasteiger partial charge in [0, 0.05) is 37.8 Å². The number of piperidine rings is 1. The number of anilines is 1. The Labute approximate surface area is 196 Å². The quantitative estimate of drug-likeness (QED) is 0.579. The highest BCUT2D eigenvalue weighted by Gasteiger charge is 2.31. The summed E-state index contributed by atoms with van der Waals surface area (Å²) in [7, 11) is -6.99. The van der Waals surface area contributed by atoms with Crippen LogP contribution in [0, 0.1) is 5.92 Å². The molecular weight excluding hydrogens is 462 g/mol. The third kappa shape index (κ3) is 6.20. The first kappa shape index (κ1) is 25.4. The lowest BCUT2D eigenvalue weighted by molar-refractivity contribution is -0.120. The van der Waals surface area contributed by atoms with Gasteiger partial charge >= 0.3 is 0 Å². The molecule has 1 fully saturated rings. The van der Waals surface area contributed by atoms with Crippen molar-refractivity contribution in [3.05, 3.63) is 60.2 Å². The van der Waals surface area contributed by atoms with Crippen molar-refractivity contribution in [2.45, 2.75) is 37.3 Å². The van der Waals surface area contributed by atoms with Gasteiger partial charge in [-0.05, 0) is 42.7 Å². The summed E-state index contributed by atoms with van der Waals surface area (Å²) in [6.07, 6.45) is 0.878. The van der Waals surface area contributed by atoms with Crippen LogP contribution in [0.2, 0.25) is 0 Å². The van der Waals surface area contributed by atoms with Crippen molar-refractivity contribution in [1.82, 2.24) is 8.61 Å².